The molecule has 19 heavy (non-hydrogen) atoms. The smallest absolute Gasteiger partial charge is 0.127 e. The lowest BCUT2D eigenvalue weighted by atomic mass is 9.84. The second kappa shape index (κ2) is 6.18. The lowest BCUT2D eigenvalue weighted by molar-refractivity contribution is -0.151. The molecular formula is C14H18ClFO3. The summed E-state index contributed by atoms with van der Waals surface area (Å²) in [5.41, 5.74) is -0.344. The maximum atomic E-state index is 13.7. The topological polar surface area (TPSA) is 38.7 Å². The zero-order chi connectivity index (χ0) is 13.9. The molecule has 106 valence electrons. The van der Waals surface area contributed by atoms with Gasteiger partial charge >= 0.3 is 0 Å². The summed E-state index contributed by atoms with van der Waals surface area (Å²) in [5.74, 6) is -0.398. The fourth-order valence-electron chi connectivity index (χ4n) is 2.50. The largest absolute Gasteiger partial charge is 0.390 e. The van der Waals surface area contributed by atoms with Crippen LogP contribution >= 0.6 is 11.6 Å². The molecule has 3 nitrogen and oxygen atoms in total. The summed E-state index contributed by atoms with van der Waals surface area (Å²) < 4.78 is 24.5. The van der Waals surface area contributed by atoms with Crippen molar-refractivity contribution in [2.24, 2.45) is 0 Å². The van der Waals surface area contributed by atoms with Crippen LogP contribution in [-0.4, -0.2) is 37.1 Å². The Morgan fingerprint density at radius 2 is 2.16 bits per heavy atom. The molecule has 1 atom stereocenters. The Morgan fingerprint density at radius 3 is 2.74 bits per heavy atom. The van der Waals surface area contributed by atoms with Crippen LogP contribution < -0.4 is 0 Å². The summed E-state index contributed by atoms with van der Waals surface area (Å²) in [6.45, 7) is 1.08. The molecule has 0 amide bonds. The van der Waals surface area contributed by atoms with E-state index in [1.807, 2.05) is 0 Å². The summed E-state index contributed by atoms with van der Waals surface area (Å²) in [4.78, 5) is 0. The predicted molar refractivity (Wildman–Crippen MR) is 70.9 cm³/mol. The van der Waals surface area contributed by atoms with Crippen molar-refractivity contribution in [2.45, 2.75) is 31.0 Å². The number of methoxy groups -OCH3 is 1. The van der Waals surface area contributed by atoms with Gasteiger partial charge in [-0.05, 0) is 12.1 Å². The van der Waals surface area contributed by atoms with Crippen molar-refractivity contribution in [1.29, 1.82) is 0 Å². The van der Waals surface area contributed by atoms with E-state index in [1.54, 1.807) is 19.2 Å². The Morgan fingerprint density at radius 1 is 1.47 bits per heavy atom. The number of halogens is 2. The van der Waals surface area contributed by atoms with Crippen molar-refractivity contribution in [3.63, 3.8) is 0 Å². The van der Waals surface area contributed by atoms with Crippen LogP contribution in [0.2, 0.25) is 5.02 Å². The third-order valence-corrected chi connectivity index (χ3v) is 4.17. The lowest BCUT2D eigenvalue weighted by Crippen LogP contribution is -2.49. The number of hydrogen-bond donors (Lipinski definition) is 1. The second-order valence-corrected chi connectivity index (χ2v) is 5.21. The van der Waals surface area contributed by atoms with Gasteiger partial charge in [-0.25, -0.2) is 4.39 Å². The fourth-order valence-corrected chi connectivity index (χ4v) is 2.74. The van der Waals surface area contributed by atoms with Crippen LogP contribution in [0.5, 0.6) is 0 Å². The van der Waals surface area contributed by atoms with Crippen LogP contribution in [0.1, 0.15) is 18.4 Å². The van der Waals surface area contributed by atoms with Crippen LogP contribution in [-0.2, 0) is 15.9 Å². The van der Waals surface area contributed by atoms with E-state index in [2.05, 4.69) is 0 Å². The van der Waals surface area contributed by atoms with Gasteiger partial charge in [0.25, 0.3) is 0 Å². The van der Waals surface area contributed by atoms with Crippen LogP contribution in [0.3, 0.4) is 0 Å². The standard InChI is InChI=1S/C14H18ClFO3/c1-18-14(5-7-19-8-6-14)13(17)9-10-11(15)3-2-4-12(10)16/h2-4,13,17H,5-9H2,1H3. The normalized spacial score (nSPS) is 20.2. The highest BCUT2D eigenvalue weighted by atomic mass is 35.5. The highest BCUT2D eigenvalue weighted by Gasteiger charge is 2.40. The minimum absolute atomic E-state index is 0.138. The van der Waals surface area contributed by atoms with Crippen LogP contribution in [0, 0.1) is 5.82 Å². The molecular weight excluding hydrogens is 271 g/mol. The third kappa shape index (κ3) is 3.08. The van der Waals surface area contributed by atoms with E-state index in [4.69, 9.17) is 21.1 Å². The third-order valence-electron chi connectivity index (χ3n) is 3.81. The highest BCUT2D eigenvalue weighted by Crippen LogP contribution is 2.32. The molecule has 1 aliphatic heterocycles. The van der Waals surface area contributed by atoms with Crippen molar-refractivity contribution in [2.75, 3.05) is 20.3 Å². The van der Waals surface area contributed by atoms with Crippen molar-refractivity contribution in [3.8, 4) is 0 Å². The zero-order valence-corrected chi connectivity index (χ0v) is 11.6. The molecule has 1 aliphatic rings. The summed E-state index contributed by atoms with van der Waals surface area (Å²) >= 11 is 5.98. The molecule has 1 aromatic carbocycles. The summed E-state index contributed by atoms with van der Waals surface area (Å²) in [6, 6.07) is 4.52. The molecule has 0 saturated carbocycles. The molecule has 5 heteroatoms. The van der Waals surface area contributed by atoms with Gasteiger partial charge in [-0.15, -0.1) is 0 Å². The molecule has 1 heterocycles. The van der Waals surface area contributed by atoms with Gasteiger partial charge in [-0.1, -0.05) is 17.7 Å². The quantitative estimate of drug-likeness (QED) is 0.925. The monoisotopic (exact) mass is 288 g/mol. The minimum Gasteiger partial charge on any atom is -0.390 e. The molecule has 0 aliphatic carbocycles. The maximum Gasteiger partial charge on any atom is 0.127 e. The average molecular weight is 289 g/mol. The second-order valence-electron chi connectivity index (χ2n) is 4.80. The molecule has 0 bridgehead atoms. The Bertz CT molecular complexity index is 412. The van der Waals surface area contributed by atoms with Gasteiger partial charge in [-0.3, -0.25) is 0 Å². The first-order valence-corrected chi connectivity index (χ1v) is 6.71. The van der Waals surface area contributed by atoms with Crippen molar-refractivity contribution in [1.82, 2.24) is 0 Å². The maximum absolute atomic E-state index is 13.7. The van der Waals surface area contributed by atoms with Gasteiger partial charge in [0.2, 0.25) is 0 Å². The van der Waals surface area contributed by atoms with Crippen molar-refractivity contribution >= 4 is 11.6 Å². The first-order chi connectivity index (χ1) is 9.09. The van der Waals surface area contributed by atoms with E-state index in [1.165, 1.54) is 6.07 Å². The summed E-state index contributed by atoms with van der Waals surface area (Å²) in [5, 5.41) is 10.8. The van der Waals surface area contributed by atoms with Gasteiger partial charge in [0, 0.05) is 50.2 Å². The lowest BCUT2D eigenvalue weighted by Gasteiger charge is -2.39. The van der Waals surface area contributed by atoms with Crippen LogP contribution in [0.4, 0.5) is 4.39 Å². The molecule has 1 unspecified atom stereocenters. The highest BCUT2D eigenvalue weighted by molar-refractivity contribution is 6.31. The van der Waals surface area contributed by atoms with Crippen molar-refractivity contribution in [3.05, 3.63) is 34.6 Å². The van der Waals surface area contributed by atoms with E-state index >= 15 is 0 Å². The predicted octanol–water partition coefficient (Wildman–Crippen LogP) is 2.58. The van der Waals surface area contributed by atoms with E-state index in [0.717, 1.165) is 0 Å². The molecule has 2 rings (SSSR count). The van der Waals surface area contributed by atoms with Gasteiger partial charge in [-0.2, -0.15) is 0 Å². The Balaban J connectivity index is 2.17. The van der Waals surface area contributed by atoms with Crippen molar-refractivity contribution < 1.29 is 19.0 Å². The average Bonchev–Trinajstić information content (AvgIpc) is 2.43. The number of benzene rings is 1. The summed E-state index contributed by atoms with van der Waals surface area (Å²) in [6.07, 6.45) is 0.517. The molecule has 0 radical (unpaired) electrons. The van der Waals surface area contributed by atoms with E-state index < -0.39 is 17.5 Å². The Kier molecular flexibility index (Phi) is 4.79. The van der Waals surface area contributed by atoms with E-state index in [9.17, 15) is 9.50 Å². The SMILES string of the molecule is COC1(C(O)Cc2c(F)cccc2Cl)CCOCC1. The Hall–Kier alpha value is -0.680. The summed E-state index contributed by atoms with van der Waals surface area (Å²) in [7, 11) is 1.57. The van der Waals surface area contributed by atoms with Crippen LogP contribution in [0.15, 0.2) is 18.2 Å². The van der Waals surface area contributed by atoms with Gasteiger partial charge in [0.15, 0.2) is 0 Å². The molecule has 1 aromatic rings. The molecule has 1 saturated heterocycles. The number of aliphatic hydroxyl groups is 1. The van der Waals surface area contributed by atoms with Crippen LogP contribution in [0.25, 0.3) is 0 Å². The molecule has 1 N–H and O–H groups in total. The van der Waals surface area contributed by atoms with Gasteiger partial charge < -0.3 is 14.6 Å². The molecule has 1 fully saturated rings. The number of ether oxygens (including phenoxy) is 2. The first kappa shape index (κ1) is 14.7. The number of hydrogen-bond acceptors (Lipinski definition) is 3. The van der Waals surface area contributed by atoms with E-state index in [0.29, 0.717) is 36.6 Å². The minimum atomic E-state index is -0.809. The van der Waals surface area contributed by atoms with E-state index in [-0.39, 0.29) is 6.42 Å². The van der Waals surface area contributed by atoms with Gasteiger partial charge in [0.1, 0.15) is 5.82 Å². The zero-order valence-electron chi connectivity index (χ0n) is 10.9. The molecule has 0 spiro atoms. The first-order valence-electron chi connectivity index (χ1n) is 6.33. The Labute approximate surface area is 117 Å². The fraction of sp³-hybridized carbons (Fsp3) is 0.571. The number of rotatable bonds is 4. The van der Waals surface area contributed by atoms with Gasteiger partial charge in [0.05, 0.1) is 11.7 Å². The number of aliphatic hydroxyl groups excluding tert-OH is 1. The molecule has 0 aromatic heterocycles.